The van der Waals surface area contributed by atoms with E-state index in [1.165, 1.54) is 11.4 Å². The van der Waals surface area contributed by atoms with E-state index in [2.05, 4.69) is 45.2 Å². The normalized spacial score (nSPS) is 17.2. The molecule has 0 aromatic heterocycles. The Hall–Kier alpha value is -1.74. The first-order valence-electron chi connectivity index (χ1n) is 12.2. The molecule has 33 heavy (non-hydrogen) atoms. The van der Waals surface area contributed by atoms with Gasteiger partial charge in [-0.15, -0.1) is 0 Å². The molecule has 4 heteroatoms. The van der Waals surface area contributed by atoms with E-state index in [0.717, 1.165) is 53.3 Å². The van der Waals surface area contributed by atoms with Crippen LogP contribution in [-0.2, 0) is 4.74 Å². The predicted octanol–water partition coefficient (Wildman–Crippen LogP) is 9.20. The Morgan fingerprint density at radius 2 is 1.55 bits per heavy atom. The zero-order valence-corrected chi connectivity index (χ0v) is 21.9. The van der Waals surface area contributed by atoms with Crippen molar-refractivity contribution in [3.05, 3.63) is 93.8 Å². The van der Waals surface area contributed by atoms with Gasteiger partial charge in [0.05, 0.1) is 6.10 Å². The Labute approximate surface area is 210 Å². The molecule has 0 fully saturated rings. The molecule has 0 aliphatic heterocycles. The summed E-state index contributed by atoms with van der Waals surface area (Å²) in [5, 5.41) is 1.46. The highest BCUT2D eigenvalue weighted by molar-refractivity contribution is 6.30. The van der Waals surface area contributed by atoms with Gasteiger partial charge in [-0.2, -0.15) is 0 Å². The van der Waals surface area contributed by atoms with Crippen LogP contribution in [0.2, 0.25) is 10.0 Å². The summed E-state index contributed by atoms with van der Waals surface area (Å²) in [6.07, 6.45) is 7.35. The lowest BCUT2D eigenvalue weighted by Gasteiger charge is -2.41. The van der Waals surface area contributed by atoms with Gasteiger partial charge in [-0.1, -0.05) is 87.8 Å². The van der Waals surface area contributed by atoms with E-state index in [1.54, 1.807) is 0 Å². The number of nitrogens with zero attached hydrogens (tertiary/aromatic N) is 1. The Kier molecular flexibility index (Phi) is 9.49. The summed E-state index contributed by atoms with van der Waals surface area (Å²) in [4.78, 5) is 2.51. The van der Waals surface area contributed by atoms with Gasteiger partial charge >= 0.3 is 0 Å². The molecule has 1 aliphatic carbocycles. The summed E-state index contributed by atoms with van der Waals surface area (Å²) in [5.41, 5.74) is 4.81. The highest BCUT2D eigenvalue weighted by Crippen LogP contribution is 2.35. The van der Waals surface area contributed by atoms with Crippen LogP contribution in [0.15, 0.2) is 72.6 Å². The second-order valence-electron chi connectivity index (χ2n) is 9.22. The van der Waals surface area contributed by atoms with Crippen molar-refractivity contribution in [1.29, 1.82) is 0 Å². The van der Waals surface area contributed by atoms with E-state index < -0.39 is 0 Å². The number of rotatable bonds is 10. The molecule has 2 nitrogen and oxygen atoms in total. The zero-order chi connectivity index (χ0) is 24.0. The minimum absolute atomic E-state index is 0.153. The first-order chi connectivity index (χ1) is 15.8. The molecular weight excluding hydrogens is 449 g/mol. The smallest absolute Gasteiger partial charge is 0.108 e. The zero-order valence-electron chi connectivity index (χ0n) is 20.4. The van der Waals surface area contributed by atoms with Crippen LogP contribution in [0.5, 0.6) is 0 Å². The summed E-state index contributed by atoms with van der Waals surface area (Å²) in [5.74, 6) is 0.576. The van der Waals surface area contributed by atoms with Crippen molar-refractivity contribution in [2.45, 2.75) is 78.0 Å². The Balaban J connectivity index is 1.81. The molecule has 0 N–H and O–H groups in total. The first kappa shape index (κ1) is 25.9. The van der Waals surface area contributed by atoms with Crippen LogP contribution < -0.4 is 0 Å². The molecular formula is C29H37Cl2NO. The molecule has 0 radical (unpaired) electrons. The minimum atomic E-state index is -0.153. The fraction of sp³-hybridized carbons (Fsp3) is 0.448. The van der Waals surface area contributed by atoms with Crippen molar-refractivity contribution in [2.24, 2.45) is 5.92 Å². The summed E-state index contributed by atoms with van der Waals surface area (Å²) < 4.78 is 6.72. The molecule has 2 aromatic rings. The van der Waals surface area contributed by atoms with E-state index >= 15 is 0 Å². The van der Waals surface area contributed by atoms with Gasteiger partial charge in [-0.25, -0.2) is 0 Å². The third-order valence-corrected chi connectivity index (χ3v) is 7.09. The van der Waals surface area contributed by atoms with Crippen molar-refractivity contribution in [2.75, 3.05) is 0 Å². The van der Waals surface area contributed by atoms with Crippen LogP contribution in [0.1, 0.15) is 77.0 Å². The van der Waals surface area contributed by atoms with Crippen molar-refractivity contribution >= 4 is 23.2 Å². The lowest BCUT2D eigenvalue weighted by molar-refractivity contribution is 0.000655. The van der Waals surface area contributed by atoms with Crippen molar-refractivity contribution in [3.63, 3.8) is 0 Å². The topological polar surface area (TPSA) is 12.5 Å². The molecule has 1 aliphatic rings. The fourth-order valence-corrected chi connectivity index (χ4v) is 4.98. The van der Waals surface area contributed by atoms with Gasteiger partial charge in [-0.05, 0) is 73.4 Å². The first-order valence-corrected chi connectivity index (χ1v) is 12.9. The largest absolute Gasteiger partial charge is 0.365 e. The van der Waals surface area contributed by atoms with E-state index in [0.29, 0.717) is 12.0 Å². The molecule has 0 spiro atoms. The maximum absolute atomic E-state index is 6.72. The lowest BCUT2D eigenvalue weighted by Crippen LogP contribution is -2.38. The Morgan fingerprint density at radius 3 is 1.94 bits per heavy atom. The van der Waals surface area contributed by atoms with Gasteiger partial charge in [0, 0.05) is 27.5 Å². The van der Waals surface area contributed by atoms with Crippen molar-refractivity contribution < 1.29 is 4.74 Å². The highest BCUT2D eigenvalue weighted by atomic mass is 35.5. The van der Waals surface area contributed by atoms with Crippen LogP contribution in [0.4, 0.5) is 0 Å². The molecule has 0 saturated heterocycles. The SMILES string of the molecule is C=C(CC)N(C1=CC[C@@H](OC(c2ccc(Cl)cc2)c2ccc(Cl)cc2)CC1)C(CC)C(C)C. The molecule has 0 bridgehead atoms. The van der Waals surface area contributed by atoms with E-state index in [9.17, 15) is 0 Å². The van der Waals surface area contributed by atoms with E-state index in [-0.39, 0.29) is 12.2 Å². The molecule has 1 unspecified atom stereocenters. The van der Waals surface area contributed by atoms with Crippen LogP contribution in [0.25, 0.3) is 0 Å². The van der Waals surface area contributed by atoms with Crippen LogP contribution >= 0.6 is 23.2 Å². The van der Waals surface area contributed by atoms with Gasteiger partial charge in [0.25, 0.3) is 0 Å². The van der Waals surface area contributed by atoms with Crippen molar-refractivity contribution in [1.82, 2.24) is 4.90 Å². The third-order valence-electron chi connectivity index (χ3n) is 6.59. The lowest BCUT2D eigenvalue weighted by atomic mass is 9.93. The number of benzene rings is 2. The molecule has 2 aromatic carbocycles. The van der Waals surface area contributed by atoms with Crippen LogP contribution in [0, 0.1) is 5.92 Å². The van der Waals surface area contributed by atoms with Gasteiger partial charge in [0.15, 0.2) is 0 Å². The number of allylic oxidation sites excluding steroid dienone is 2. The van der Waals surface area contributed by atoms with Gasteiger partial charge in [0.1, 0.15) is 6.10 Å². The second-order valence-corrected chi connectivity index (χ2v) is 10.1. The average molecular weight is 487 g/mol. The number of hydrogen-bond donors (Lipinski definition) is 0. The maximum atomic E-state index is 6.72. The third kappa shape index (κ3) is 6.66. The van der Waals surface area contributed by atoms with Crippen molar-refractivity contribution in [3.8, 4) is 0 Å². The summed E-state index contributed by atoms with van der Waals surface area (Å²) in [7, 11) is 0. The van der Waals surface area contributed by atoms with Gasteiger partial charge < -0.3 is 9.64 Å². The molecule has 0 heterocycles. The van der Waals surface area contributed by atoms with E-state index in [4.69, 9.17) is 27.9 Å². The number of halogens is 2. The Morgan fingerprint density at radius 1 is 1.00 bits per heavy atom. The number of hydrogen-bond acceptors (Lipinski definition) is 2. The monoisotopic (exact) mass is 485 g/mol. The van der Waals surface area contributed by atoms with Gasteiger partial charge in [0.2, 0.25) is 0 Å². The molecule has 0 saturated carbocycles. The summed E-state index contributed by atoms with van der Waals surface area (Å²) >= 11 is 12.3. The second kappa shape index (κ2) is 12.1. The summed E-state index contributed by atoms with van der Waals surface area (Å²) in [6.45, 7) is 13.5. The predicted molar refractivity (Wildman–Crippen MR) is 142 cm³/mol. The van der Waals surface area contributed by atoms with Gasteiger partial charge in [-0.3, -0.25) is 0 Å². The highest BCUT2D eigenvalue weighted by Gasteiger charge is 2.28. The quantitative estimate of drug-likeness (QED) is 0.332. The van der Waals surface area contributed by atoms with Crippen LogP contribution in [0.3, 0.4) is 0 Å². The average Bonchev–Trinajstić information content (AvgIpc) is 2.82. The van der Waals surface area contributed by atoms with Crippen LogP contribution in [-0.4, -0.2) is 17.0 Å². The fourth-order valence-electron chi connectivity index (χ4n) is 4.73. The molecule has 2 atom stereocenters. The number of ether oxygens (including phenoxy) is 1. The maximum Gasteiger partial charge on any atom is 0.108 e. The minimum Gasteiger partial charge on any atom is -0.365 e. The van der Waals surface area contributed by atoms with E-state index in [1.807, 2.05) is 48.5 Å². The summed E-state index contributed by atoms with van der Waals surface area (Å²) in [6, 6.07) is 16.4. The standard InChI is InChI=1S/C29H37Cl2NO/c1-6-21(5)32(28(7-2)20(3)4)26-16-18-27(19-17-26)33-29(22-8-12-24(30)13-9-22)23-10-14-25(31)15-11-23/h8-16,20,27-29H,5-7,17-19H2,1-4H3/t27-,28?/m1/s1. The molecule has 0 amide bonds. The Bertz CT molecular complexity index is 888. The molecule has 3 rings (SSSR count). The molecule has 178 valence electrons.